The van der Waals surface area contributed by atoms with Crippen LogP contribution in [-0.2, 0) is 0 Å². The van der Waals surface area contributed by atoms with Crippen LogP contribution >= 0.6 is 0 Å². The third-order valence-corrected chi connectivity index (χ3v) is 4.75. The maximum absolute atomic E-state index is 12.9. The highest BCUT2D eigenvalue weighted by molar-refractivity contribution is 5.96. The molecule has 1 atom stereocenters. The minimum atomic E-state index is -0.141. The fourth-order valence-electron chi connectivity index (χ4n) is 3.25. The first-order valence-corrected chi connectivity index (χ1v) is 9.53. The number of amides is 1. The number of benzene rings is 3. The van der Waals surface area contributed by atoms with Crippen LogP contribution in [0.15, 0.2) is 65.7 Å². The number of ether oxygens (including phenoxy) is 1. The second-order valence-electron chi connectivity index (χ2n) is 6.90. The molecular formula is C23H26N4O2. The molecule has 0 aliphatic heterocycles. The molecule has 0 spiro atoms. The third kappa shape index (κ3) is 5.04. The summed E-state index contributed by atoms with van der Waals surface area (Å²) in [6.07, 6.45) is 0. The quantitative estimate of drug-likeness (QED) is 0.327. The molecule has 29 heavy (non-hydrogen) atoms. The second-order valence-corrected chi connectivity index (χ2v) is 6.90. The minimum absolute atomic E-state index is 0.0278. The summed E-state index contributed by atoms with van der Waals surface area (Å²) >= 11 is 0. The Morgan fingerprint density at radius 3 is 2.66 bits per heavy atom. The molecule has 6 heteroatoms. The van der Waals surface area contributed by atoms with E-state index in [9.17, 15) is 4.79 Å². The first kappa shape index (κ1) is 20.2. The number of hydrogen-bond acceptors (Lipinski definition) is 3. The number of fused-ring (bicyclic) bond motifs is 1. The Bertz CT molecular complexity index is 1040. The molecule has 0 radical (unpaired) electrons. The maximum atomic E-state index is 12.9. The highest BCUT2D eigenvalue weighted by Gasteiger charge is 2.16. The van der Waals surface area contributed by atoms with Crippen molar-refractivity contribution in [2.75, 3.05) is 13.2 Å². The Hall–Kier alpha value is -3.54. The van der Waals surface area contributed by atoms with Gasteiger partial charge in [0.1, 0.15) is 12.4 Å². The highest BCUT2D eigenvalue weighted by Crippen LogP contribution is 2.25. The standard InChI is InChI=1S/C23H26N4O2/c1-15-10-11-18(29-13-12-26-23(24)25)14-21(15)22(28)27-16(2)19-9-5-7-17-6-3-4-8-20(17)19/h3-11,14,16H,12-13H2,1-2H3,(H,27,28)(H4,24,25,26)/t16-/m1/s1. The van der Waals surface area contributed by atoms with E-state index in [1.165, 1.54) is 0 Å². The smallest absolute Gasteiger partial charge is 0.252 e. The number of carbonyl (C=O) groups is 1. The van der Waals surface area contributed by atoms with Crippen molar-refractivity contribution in [2.45, 2.75) is 19.9 Å². The van der Waals surface area contributed by atoms with E-state index >= 15 is 0 Å². The van der Waals surface area contributed by atoms with Crippen molar-refractivity contribution in [3.8, 4) is 5.75 Å². The first-order chi connectivity index (χ1) is 14.0. The van der Waals surface area contributed by atoms with Crippen molar-refractivity contribution >= 4 is 22.6 Å². The molecule has 0 unspecified atom stereocenters. The Labute approximate surface area is 170 Å². The van der Waals surface area contributed by atoms with Crippen LogP contribution in [0, 0.1) is 6.92 Å². The van der Waals surface area contributed by atoms with Crippen molar-refractivity contribution in [2.24, 2.45) is 16.5 Å². The molecule has 6 nitrogen and oxygen atoms in total. The molecule has 150 valence electrons. The van der Waals surface area contributed by atoms with Crippen LogP contribution in [0.1, 0.15) is 34.5 Å². The van der Waals surface area contributed by atoms with Gasteiger partial charge in [-0.15, -0.1) is 0 Å². The van der Waals surface area contributed by atoms with Crippen LogP contribution in [0.3, 0.4) is 0 Å². The zero-order valence-corrected chi connectivity index (χ0v) is 16.7. The van der Waals surface area contributed by atoms with Gasteiger partial charge in [0, 0.05) is 5.56 Å². The fraction of sp³-hybridized carbons (Fsp3) is 0.217. The van der Waals surface area contributed by atoms with Crippen molar-refractivity contribution in [1.82, 2.24) is 5.32 Å². The Morgan fingerprint density at radius 1 is 1.10 bits per heavy atom. The summed E-state index contributed by atoms with van der Waals surface area (Å²) in [5.74, 6) is 0.488. The SMILES string of the molecule is Cc1ccc(OCCN=C(N)N)cc1C(=O)N[C@H](C)c1cccc2ccccc12. The van der Waals surface area contributed by atoms with E-state index < -0.39 is 0 Å². The summed E-state index contributed by atoms with van der Waals surface area (Å²) in [7, 11) is 0. The lowest BCUT2D eigenvalue weighted by atomic mass is 9.99. The van der Waals surface area contributed by atoms with Crippen molar-refractivity contribution in [1.29, 1.82) is 0 Å². The largest absolute Gasteiger partial charge is 0.492 e. The van der Waals surface area contributed by atoms with Gasteiger partial charge in [-0.2, -0.15) is 0 Å². The summed E-state index contributed by atoms with van der Waals surface area (Å²) in [4.78, 5) is 16.8. The summed E-state index contributed by atoms with van der Waals surface area (Å²) in [5, 5.41) is 5.39. The number of hydrogen-bond donors (Lipinski definition) is 3. The number of rotatable bonds is 7. The summed E-state index contributed by atoms with van der Waals surface area (Å²) in [5.41, 5.74) is 13.1. The van der Waals surface area contributed by atoms with Crippen molar-refractivity contribution < 1.29 is 9.53 Å². The monoisotopic (exact) mass is 390 g/mol. The zero-order valence-electron chi connectivity index (χ0n) is 16.7. The van der Waals surface area contributed by atoms with E-state index in [4.69, 9.17) is 16.2 Å². The summed E-state index contributed by atoms with van der Waals surface area (Å²) in [6.45, 7) is 4.58. The molecule has 1 amide bonds. The van der Waals surface area contributed by atoms with Gasteiger partial charge < -0.3 is 21.5 Å². The highest BCUT2D eigenvalue weighted by atomic mass is 16.5. The molecule has 0 aromatic heterocycles. The van der Waals surface area contributed by atoms with Gasteiger partial charge in [-0.05, 0) is 47.9 Å². The maximum Gasteiger partial charge on any atom is 0.252 e. The van der Waals surface area contributed by atoms with Gasteiger partial charge in [-0.25, -0.2) is 0 Å². The van der Waals surface area contributed by atoms with Crippen LogP contribution in [0.2, 0.25) is 0 Å². The van der Waals surface area contributed by atoms with E-state index in [1.807, 2.05) is 50.2 Å². The van der Waals surface area contributed by atoms with Crippen molar-refractivity contribution in [3.05, 3.63) is 77.4 Å². The van der Waals surface area contributed by atoms with Crippen LogP contribution in [0.4, 0.5) is 0 Å². The third-order valence-electron chi connectivity index (χ3n) is 4.75. The van der Waals surface area contributed by atoms with E-state index in [0.29, 0.717) is 24.5 Å². The van der Waals surface area contributed by atoms with Gasteiger partial charge in [-0.3, -0.25) is 9.79 Å². The Balaban J connectivity index is 1.74. The molecule has 0 aliphatic rings. The van der Waals surface area contributed by atoms with Gasteiger partial charge in [0.15, 0.2) is 5.96 Å². The number of aryl methyl sites for hydroxylation is 1. The molecule has 0 fully saturated rings. The first-order valence-electron chi connectivity index (χ1n) is 9.53. The molecule has 0 saturated heterocycles. The molecular weight excluding hydrogens is 364 g/mol. The number of guanidine groups is 1. The molecule has 3 rings (SSSR count). The van der Waals surface area contributed by atoms with E-state index in [2.05, 4.69) is 28.5 Å². The summed E-state index contributed by atoms with van der Waals surface area (Å²) < 4.78 is 5.65. The van der Waals surface area contributed by atoms with Crippen LogP contribution in [0.5, 0.6) is 5.75 Å². The topological polar surface area (TPSA) is 103 Å². The zero-order chi connectivity index (χ0) is 20.8. The van der Waals surface area contributed by atoms with Gasteiger partial charge >= 0.3 is 0 Å². The summed E-state index contributed by atoms with van der Waals surface area (Å²) in [6, 6.07) is 19.6. The number of nitrogens with one attached hydrogen (secondary N) is 1. The predicted octanol–water partition coefficient (Wildman–Crippen LogP) is 3.29. The van der Waals surface area contributed by atoms with Gasteiger partial charge in [0.05, 0.1) is 12.6 Å². The van der Waals surface area contributed by atoms with Crippen LogP contribution in [-0.4, -0.2) is 25.0 Å². The molecule has 0 bridgehead atoms. The van der Waals surface area contributed by atoms with E-state index in [0.717, 1.165) is 21.9 Å². The number of aliphatic imine (C=N–C) groups is 1. The fourth-order valence-corrected chi connectivity index (χ4v) is 3.25. The van der Waals surface area contributed by atoms with Crippen LogP contribution < -0.4 is 21.5 Å². The van der Waals surface area contributed by atoms with E-state index in [-0.39, 0.29) is 17.9 Å². The Kier molecular flexibility index (Phi) is 6.34. The molecule has 0 heterocycles. The average molecular weight is 390 g/mol. The lowest BCUT2D eigenvalue weighted by Gasteiger charge is -2.18. The lowest BCUT2D eigenvalue weighted by molar-refractivity contribution is 0.0939. The number of nitrogens with zero attached hydrogens (tertiary/aromatic N) is 1. The van der Waals surface area contributed by atoms with Gasteiger partial charge in [0.25, 0.3) is 5.91 Å². The molecule has 3 aromatic rings. The normalized spacial score (nSPS) is 11.7. The predicted molar refractivity (Wildman–Crippen MR) is 117 cm³/mol. The van der Waals surface area contributed by atoms with E-state index in [1.54, 1.807) is 6.07 Å². The Morgan fingerprint density at radius 2 is 1.86 bits per heavy atom. The molecule has 0 aliphatic carbocycles. The number of carbonyl (C=O) groups excluding carboxylic acids is 1. The molecule has 3 aromatic carbocycles. The minimum Gasteiger partial charge on any atom is -0.492 e. The van der Waals surface area contributed by atoms with Gasteiger partial charge in [-0.1, -0.05) is 48.5 Å². The van der Waals surface area contributed by atoms with Crippen LogP contribution in [0.25, 0.3) is 10.8 Å². The van der Waals surface area contributed by atoms with Crippen molar-refractivity contribution in [3.63, 3.8) is 0 Å². The lowest BCUT2D eigenvalue weighted by Crippen LogP contribution is -2.27. The molecule has 0 saturated carbocycles. The molecule has 5 N–H and O–H groups in total. The number of nitrogens with two attached hydrogens (primary N) is 2. The van der Waals surface area contributed by atoms with Gasteiger partial charge in [0.2, 0.25) is 0 Å². The second kappa shape index (κ2) is 9.10. The average Bonchev–Trinajstić information content (AvgIpc) is 2.71.